The van der Waals surface area contributed by atoms with E-state index in [1.54, 1.807) is 41.3 Å². The molecule has 0 aliphatic carbocycles. The number of carbonyl (C=O) groups is 2. The molecule has 1 heterocycles. The lowest BCUT2D eigenvalue weighted by molar-refractivity contribution is -0.126. The van der Waals surface area contributed by atoms with Gasteiger partial charge in [-0.05, 0) is 75.2 Å². The van der Waals surface area contributed by atoms with E-state index < -0.39 is 10.0 Å². The van der Waals surface area contributed by atoms with Gasteiger partial charge >= 0.3 is 0 Å². The monoisotopic (exact) mass is 459 g/mol. The van der Waals surface area contributed by atoms with Crippen molar-refractivity contribution in [3.05, 3.63) is 54.1 Å². The zero-order valence-corrected chi connectivity index (χ0v) is 19.3. The fourth-order valence-corrected chi connectivity index (χ4v) is 4.64. The quantitative estimate of drug-likeness (QED) is 0.663. The molecule has 0 atom stereocenters. The third kappa shape index (κ3) is 5.79. The van der Waals surface area contributed by atoms with Crippen LogP contribution in [0.3, 0.4) is 0 Å². The van der Waals surface area contributed by atoms with E-state index in [-0.39, 0.29) is 28.7 Å². The Kier molecular flexibility index (Phi) is 7.40. The van der Waals surface area contributed by atoms with Crippen LogP contribution >= 0.6 is 0 Å². The van der Waals surface area contributed by atoms with E-state index in [4.69, 9.17) is 4.74 Å². The van der Waals surface area contributed by atoms with Crippen molar-refractivity contribution < 1.29 is 22.7 Å². The number of piperidine rings is 1. The van der Waals surface area contributed by atoms with Gasteiger partial charge in [0.25, 0.3) is 15.9 Å². The molecule has 32 heavy (non-hydrogen) atoms. The highest BCUT2D eigenvalue weighted by atomic mass is 32.2. The van der Waals surface area contributed by atoms with Gasteiger partial charge in [0.1, 0.15) is 5.75 Å². The highest BCUT2D eigenvalue weighted by Crippen LogP contribution is 2.22. The number of benzene rings is 2. The SMILES string of the molecule is COc1ccc(S(=O)(=O)Nc2ccc(C(=O)N3CCC(C(=O)NC(C)C)CC3)cc2)cc1. The smallest absolute Gasteiger partial charge is 0.261 e. The number of hydrogen-bond donors (Lipinski definition) is 2. The number of sulfonamides is 1. The molecule has 3 rings (SSSR count). The van der Waals surface area contributed by atoms with Gasteiger partial charge in [0, 0.05) is 36.3 Å². The molecule has 9 heteroatoms. The van der Waals surface area contributed by atoms with Gasteiger partial charge in [-0.15, -0.1) is 0 Å². The highest BCUT2D eigenvalue weighted by molar-refractivity contribution is 7.92. The Morgan fingerprint density at radius 2 is 1.59 bits per heavy atom. The first-order valence-corrected chi connectivity index (χ1v) is 12.0. The molecule has 0 bridgehead atoms. The van der Waals surface area contributed by atoms with E-state index in [9.17, 15) is 18.0 Å². The van der Waals surface area contributed by atoms with Crippen molar-refractivity contribution in [1.82, 2.24) is 10.2 Å². The summed E-state index contributed by atoms with van der Waals surface area (Å²) >= 11 is 0. The molecule has 2 aromatic rings. The summed E-state index contributed by atoms with van der Waals surface area (Å²) in [6.45, 7) is 4.89. The molecule has 1 aliphatic heterocycles. The van der Waals surface area contributed by atoms with E-state index in [1.165, 1.54) is 19.2 Å². The number of anilines is 1. The number of carbonyl (C=O) groups excluding carboxylic acids is 2. The van der Waals surface area contributed by atoms with Crippen molar-refractivity contribution in [1.29, 1.82) is 0 Å². The lowest BCUT2D eigenvalue weighted by atomic mass is 9.95. The molecule has 0 radical (unpaired) electrons. The minimum Gasteiger partial charge on any atom is -0.497 e. The van der Waals surface area contributed by atoms with Gasteiger partial charge in [-0.3, -0.25) is 14.3 Å². The largest absolute Gasteiger partial charge is 0.497 e. The van der Waals surface area contributed by atoms with Gasteiger partial charge in [-0.25, -0.2) is 8.42 Å². The number of nitrogens with one attached hydrogen (secondary N) is 2. The van der Waals surface area contributed by atoms with E-state index in [0.29, 0.717) is 42.9 Å². The average Bonchev–Trinajstić information content (AvgIpc) is 2.78. The van der Waals surface area contributed by atoms with Crippen LogP contribution in [0.4, 0.5) is 5.69 Å². The summed E-state index contributed by atoms with van der Waals surface area (Å²) in [6, 6.07) is 12.5. The zero-order chi connectivity index (χ0) is 23.3. The summed E-state index contributed by atoms with van der Waals surface area (Å²) < 4.78 is 32.7. The lowest BCUT2D eigenvalue weighted by Gasteiger charge is -2.31. The van der Waals surface area contributed by atoms with Gasteiger partial charge in [-0.1, -0.05) is 0 Å². The number of ether oxygens (including phenoxy) is 1. The van der Waals surface area contributed by atoms with Crippen LogP contribution in [-0.4, -0.2) is 51.4 Å². The number of rotatable bonds is 7. The van der Waals surface area contributed by atoms with Crippen molar-refractivity contribution in [3.63, 3.8) is 0 Å². The highest BCUT2D eigenvalue weighted by Gasteiger charge is 2.28. The molecule has 2 N–H and O–H groups in total. The van der Waals surface area contributed by atoms with Gasteiger partial charge < -0.3 is 15.0 Å². The second-order valence-corrected chi connectivity index (χ2v) is 9.77. The maximum absolute atomic E-state index is 12.8. The Bertz CT molecular complexity index is 1040. The van der Waals surface area contributed by atoms with Crippen molar-refractivity contribution in [2.75, 3.05) is 24.9 Å². The molecular weight excluding hydrogens is 430 g/mol. The Morgan fingerprint density at radius 3 is 2.12 bits per heavy atom. The normalized spacial score (nSPS) is 14.8. The van der Waals surface area contributed by atoms with Crippen LogP contribution in [0.5, 0.6) is 5.75 Å². The minimum atomic E-state index is -3.75. The van der Waals surface area contributed by atoms with E-state index in [1.807, 2.05) is 13.8 Å². The number of likely N-dealkylation sites (tertiary alicyclic amines) is 1. The van der Waals surface area contributed by atoms with Crippen LogP contribution in [0.25, 0.3) is 0 Å². The van der Waals surface area contributed by atoms with E-state index >= 15 is 0 Å². The molecule has 1 fully saturated rings. The fraction of sp³-hybridized carbons (Fsp3) is 0.391. The van der Waals surface area contributed by atoms with Crippen molar-refractivity contribution in [2.45, 2.75) is 37.6 Å². The summed E-state index contributed by atoms with van der Waals surface area (Å²) in [7, 11) is -2.24. The van der Waals surface area contributed by atoms with Gasteiger partial charge in [0.05, 0.1) is 12.0 Å². The van der Waals surface area contributed by atoms with Crippen LogP contribution in [0.2, 0.25) is 0 Å². The number of hydrogen-bond acceptors (Lipinski definition) is 5. The first kappa shape index (κ1) is 23.6. The second-order valence-electron chi connectivity index (χ2n) is 8.09. The number of nitrogens with zero attached hydrogens (tertiary/aromatic N) is 1. The third-order valence-electron chi connectivity index (χ3n) is 5.34. The third-order valence-corrected chi connectivity index (χ3v) is 6.73. The van der Waals surface area contributed by atoms with Crippen LogP contribution in [0, 0.1) is 5.92 Å². The molecule has 0 spiro atoms. The predicted octanol–water partition coefficient (Wildman–Crippen LogP) is 2.87. The lowest BCUT2D eigenvalue weighted by Crippen LogP contribution is -2.44. The minimum absolute atomic E-state index is 0.0422. The molecule has 2 amide bonds. The van der Waals surface area contributed by atoms with Crippen LogP contribution in [-0.2, 0) is 14.8 Å². The van der Waals surface area contributed by atoms with Crippen molar-refractivity contribution in [2.24, 2.45) is 5.92 Å². The summed E-state index contributed by atoms with van der Waals surface area (Å²) in [6.07, 6.45) is 1.26. The Morgan fingerprint density at radius 1 is 1.00 bits per heavy atom. The number of methoxy groups -OCH3 is 1. The molecule has 8 nitrogen and oxygen atoms in total. The maximum atomic E-state index is 12.8. The molecule has 0 saturated carbocycles. The molecule has 2 aromatic carbocycles. The van der Waals surface area contributed by atoms with Crippen LogP contribution in [0.1, 0.15) is 37.0 Å². The summed E-state index contributed by atoms with van der Waals surface area (Å²) in [4.78, 5) is 26.8. The first-order valence-electron chi connectivity index (χ1n) is 10.6. The molecular formula is C23H29N3O5S. The summed E-state index contributed by atoms with van der Waals surface area (Å²) in [5.41, 5.74) is 0.837. The van der Waals surface area contributed by atoms with Crippen molar-refractivity contribution in [3.8, 4) is 5.75 Å². The van der Waals surface area contributed by atoms with Crippen LogP contribution < -0.4 is 14.8 Å². The standard InChI is InChI=1S/C23H29N3O5S/c1-16(2)24-22(27)17-12-14-26(15-13-17)23(28)18-4-6-19(7-5-18)25-32(29,30)21-10-8-20(31-3)9-11-21/h4-11,16-17,25H,12-15H2,1-3H3,(H,24,27). The molecule has 0 aromatic heterocycles. The van der Waals surface area contributed by atoms with Crippen LogP contribution in [0.15, 0.2) is 53.4 Å². The topological polar surface area (TPSA) is 105 Å². The second kappa shape index (κ2) is 10.0. The molecule has 1 aliphatic rings. The number of amides is 2. The fourth-order valence-electron chi connectivity index (χ4n) is 3.58. The maximum Gasteiger partial charge on any atom is 0.261 e. The average molecular weight is 460 g/mol. The predicted molar refractivity (Wildman–Crippen MR) is 122 cm³/mol. The van der Waals surface area contributed by atoms with Gasteiger partial charge in [0.15, 0.2) is 0 Å². The van der Waals surface area contributed by atoms with E-state index in [2.05, 4.69) is 10.0 Å². The first-order chi connectivity index (χ1) is 15.2. The Labute approximate surface area is 189 Å². The summed E-state index contributed by atoms with van der Waals surface area (Å²) in [5.74, 6) is 0.408. The van der Waals surface area contributed by atoms with Gasteiger partial charge in [-0.2, -0.15) is 0 Å². The Hall–Kier alpha value is -3.07. The molecule has 172 valence electrons. The Balaban J connectivity index is 1.59. The van der Waals surface area contributed by atoms with Gasteiger partial charge in [0.2, 0.25) is 5.91 Å². The molecule has 0 unspecified atom stereocenters. The zero-order valence-electron chi connectivity index (χ0n) is 18.5. The van der Waals surface area contributed by atoms with E-state index in [0.717, 1.165) is 0 Å². The summed E-state index contributed by atoms with van der Waals surface area (Å²) in [5, 5.41) is 2.93. The van der Waals surface area contributed by atoms with Crippen molar-refractivity contribution >= 4 is 27.5 Å². The molecule has 1 saturated heterocycles.